The van der Waals surface area contributed by atoms with Gasteiger partial charge in [0.25, 0.3) is 0 Å². The second-order valence-electron chi connectivity index (χ2n) is 6.09. The fourth-order valence-corrected chi connectivity index (χ4v) is 2.18. The molecule has 1 heterocycles. The van der Waals surface area contributed by atoms with Crippen LogP contribution in [0.2, 0.25) is 0 Å². The molecule has 182 valence electrons. The van der Waals surface area contributed by atoms with Crippen molar-refractivity contribution in [2.45, 2.75) is 54.1 Å². The van der Waals surface area contributed by atoms with Gasteiger partial charge in [0.05, 0.1) is 0 Å². The predicted octanol–water partition coefficient (Wildman–Crippen LogP) is 5.36. The summed E-state index contributed by atoms with van der Waals surface area (Å²) in [6.45, 7) is 14.5. The van der Waals surface area contributed by atoms with Crippen molar-refractivity contribution in [2.24, 2.45) is 0 Å². The number of aliphatic hydroxyl groups is 2. The van der Waals surface area contributed by atoms with E-state index < -0.39 is 13.0 Å². The van der Waals surface area contributed by atoms with Crippen LogP contribution < -0.4 is 5.32 Å². The second kappa shape index (κ2) is 26.0. The van der Waals surface area contributed by atoms with Crippen LogP contribution in [0.1, 0.15) is 41.0 Å². The maximum atomic E-state index is 9.95. The van der Waals surface area contributed by atoms with Gasteiger partial charge in [0, 0.05) is 26.2 Å². The molecule has 1 saturated heterocycles. The highest BCUT2D eigenvalue weighted by atomic mass is 19.4. The summed E-state index contributed by atoms with van der Waals surface area (Å²) in [6.07, 6.45) is 14.6. The van der Waals surface area contributed by atoms with E-state index in [0.717, 1.165) is 39.1 Å². The highest BCUT2D eigenvalue weighted by molar-refractivity contribution is 5.16. The van der Waals surface area contributed by atoms with Gasteiger partial charge in [0.1, 0.15) is 5.76 Å². The molecule has 1 aliphatic rings. The van der Waals surface area contributed by atoms with E-state index in [4.69, 9.17) is 0 Å². The van der Waals surface area contributed by atoms with Gasteiger partial charge in [-0.25, -0.2) is 0 Å². The first-order valence-electron chi connectivity index (χ1n) is 10.4. The van der Waals surface area contributed by atoms with Gasteiger partial charge < -0.3 is 20.4 Å². The van der Waals surface area contributed by atoms with E-state index in [0.29, 0.717) is 0 Å². The molecule has 0 bridgehead atoms. The van der Waals surface area contributed by atoms with E-state index in [1.807, 2.05) is 25.7 Å². The minimum Gasteiger partial charge on any atom is -0.508 e. The molecule has 0 radical (unpaired) electrons. The van der Waals surface area contributed by atoms with Crippen LogP contribution in [0.25, 0.3) is 0 Å². The number of piperazine rings is 1. The molecule has 0 spiro atoms. The molecule has 8 heteroatoms. The summed E-state index contributed by atoms with van der Waals surface area (Å²) in [7, 11) is 0. The Hall–Kier alpha value is -2.03. The third-order valence-corrected chi connectivity index (χ3v) is 3.62. The van der Waals surface area contributed by atoms with Crippen molar-refractivity contribution in [2.75, 3.05) is 32.7 Å². The van der Waals surface area contributed by atoms with Crippen LogP contribution in [-0.2, 0) is 0 Å². The average molecular weight is 450 g/mol. The molecular formula is C23H42F3N3O2. The maximum Gasteiger partial charge on any atom is 0.379 e. The van der Waals surface area contributed by atoms with Crippen LogP contribution in [-0.4, -0.2) is 65.8 Å². The Balaban J connectivity index is -0.000000538. The largest absolute Gasteiger partial charge is 0.508 e. The van der Waals surface area contributed by atoms with Crippen LogP contribution >= 0.6 is 0 Å². The zero-order valence-electron chi connectivity index (χ0n) is 19.6. The molecule has 0 aromatic heterocycles. The van der Waals surface area contributed by atoms with Crippen LogP contribution in [0, 0.1) is 0 Å². The molecular weight excluding hydrogens is 407 g/mol. The maximum absolute atomic E-state index is 9.95. The Morgan fingerprint density at radius 2 is 1.58 bits per heavy atom. The van der Waals surface area contributed by atoms with Crippen molar-refractivity contribution in [1.82, 2.24) is 15.1 Å². The Morgan fingerprint density at radius 3 is 1.94 bits per heavy atom. The first-order chi connectivity index (χ1) is 14.7. The van der Waals surface area contributed by atoms with E-state index in [-0.39, 0.29) is 5.76 Å². The number of allylic oxidation sites excluding steroid dienone is 7. The fourth-order valence-electron chi connectivity index (χ4n) is 2.18. The summed E-state index contributed by atoms with van der Waals surface area (Å²) >= 11 is 0. The lowest BCUT2D eigenvalue weighted by Gasteiger charge is -2.36. The molecule has 0 aromatic carbocycles. The number of rotatable bonds is 7. The number of alkyl halides is 3. The monoisotopic (exact) mass is 449 g/mol. The standard InChI is InChI=1S/C14H25N3O2.C5H10.C3H6.CHF3/c1-3-6-13(18)7-5-8-15-14(19)17-11-9-16(4-2)10-12-17;1-3-5-4-2;1-3-2;2-1(3)4/h3,5-8,14-15,18-19H,4,9-12H2,1-2H3;3,5H,4H2,1-2H3;3H,1H2,2H3;1H/b6-3-,8-5+,13-7+;5-3-;;. The van der Waals surface area contributed by atoms with Crippen molar-refractivity contribution in [3.05, 3.63) is 61.1 Å². The molecule has 1 unspecified atom stereocenters. The van der Waals surface area contributed by atoms with Crippen molar-refractivity contribution in [3.63, 3.8) is 0 Å². The number of nitrogens with zero attached hydrogens (tertiary/aromatic N) is 2. The zero-order valence-corrected chi connectivity index (χ0v) is 19.6. The predicted molar refractivity (Wildman–Crippen MR) is 126 cm³/mol. The molecule has 1 rings (SSSR count). The summed E-state index contributed by atoms with van der Waals surface area (Å²) < 4.78 is 29.0. The van der Waals surface area contributed by atoms with Gasteiger partial charge in [0.2, 0.25) is 0 Å². The lowest BCUT2D eigenvalue weighted by molar-refractivity contribution is -0.0371. The van der Waals surface area contributed by atoms with Crippen molar-refractivity contribution in [1.29, 1.82) is 0 Å². The quantitative estimate of drug-likeness (QED) is 0.211. The highest BCUT2D eigenvalue weighted by Crippen LogP contribution is 2.03. The first kappa shape index (κ1) is 33.6. The lowest BCUT2D eigenvalue weighted by atomic mass is 10.3. The van der Waals surface area contributed by atoms with Crippen molar-refractivity contribution >= 4 is 0 Å². The van der Waals surface area contributed by atoms with Gasteiger partial charge in [-0.05, 0) is 58.2 Å². The minimum atomic E-state index is -3.67. The van der Waals surface area contributed by atoms with Gasteiger partial charge >= 0.3 is 6.68 Å². The molecule has 0 aliphatic carbocycles. The van der Waals surface area contributed by atoms with Crippen LogP contribution in [0.3, 0.4) is 0 Å². The van der Waals surface area contributed by atoms with Crippen molar-refractivity contribution < 1.29 is 23.4 Å². The lowest BCUT2D eigenvalue weighted by Crippen LogP contribution is -2.53. The Labute approximate surface area is 186 Å². The molecule has 1 aliphatic heterocycles. The number of likely N-dealkylation sites (N-methyl/N-ethyl adjacent to an activating group) is 1. The molecule has 0 saturated carbocycles. The van der Waals surface area contributed by atoms with Crippen molar-refractivity contribution in [3.8, 4) is 0 Å². The number of halogens is 3. The summed E-state index contributed by atoms with van der Waals surface area (Å²) in [5.41, 5.74) is 0. The van der Waals surface area contributed by atoms with E-state index in [1.54, 1.807) is 36.6 Å². The Morgan fingerprint density at radius 1 is 1.06 bits per heavy atom. The Bertz CT molecular complexity index is 500. The Kier molecular flexibility index (Phi) is 28.2. The molecule has 1 fully saturated rings. The fraction of sp³-hybridized carbons (Fsp3) is 0.565. The molecule has 1 atom stereocenters. The summed E-state index contributed by atoms with van der Waals surface area (Å²) in [5.74, 6) is 0.187. The first-order valence-corrected chi connectivity index (χ1v) is 10.4. The average Bonchev–Trinajstić information content (AvgIpc) is 2.72. The van der Waals surface area contributed by atoms with Gasteiger partial charge in [-0.1, -0.05) is 38.2 Å². The van der Waals surface area contributed by atoms with E-state index in [9.17, 15) is 23.4 Å². The van der Waals surface area contributed by atoms with Crippen LogP contribution in [0.4, 0.5) is 13.2 Å². The highest BCUT2D eigenvalue weighted by Gasteiger charge is 2.20. The third-order valence-electron chi connectivity index (χ3n) is 3.62. The van der Waals surface area contributed by atoms with E-state index in [1.165, 1.54) is 0 Å². The minimum absolute atomic E-state index is 0.187. The number of aliphatic hydroxyl groups excluding tert-OH is 2. The van der Waals surface area contributed by atoms with E-state index >= 15 is 0 Å². The molecule has 0 aromatic rings. The van der Waals surface area contributed by atoms with Crippen LogP contribution in [0.5, 0.6) is 0 Å². The topological polar surface area (TPSA) is 59.0 Å². The molecule has 0 amide bonds. The number of hydrogen-bond donors (Lipinski definition) is 3. The molecule has 31 heavy (non-hydrogen) atoms. The van der Waals surface area contributed by atoms with Gasteiger partial charge in [-0.3, -0.25) is 4.90 Å². The normalized spacial score (nSPS) is 16.3. The van der Waals surface area contributed by atoms with Crippen LogP contribution in [0.15, 0.2) is 61.1 Å². The number of nitrogens with one attached hydrogen (secondary N) is 1. The second-order valence-corrected chi connectivity index (χ2v) is 6.09. The summed E-state index contributed by atoms with van der Waals surface area (Å²) in [4.78, 5) is 4.35. The third kappa shape index (κ3) is 28.0. The SMILES string of the molecule is C/C=C\CC.C=CC.C\C=C/C(O)=C\C=C\NC(O)N1CCN(CC)CC1.FC(F)F. The molecule has 5 nitrogen and oxygen atoms in total. The van der Waals surface area contributed by atoms with Gasteiger partial charge in [0.15, 0.2) is 6.35 Å². The molecule has 3 N–H and O–H groups in total. The number of hydrogen-bond acceptors (Lipinski definition) is 5. The van der Waals surface area contributed by atoms with E-state index in [2.05, 4.69) is 42.8 Å². The van der Waals surface area contributed by atoms with Gasteiger partial charge in [-0.15, -0.1) is 6.58 Å². The van der Waals surface area contributed by atoms with Gasteiger partial charge in [-0.2, -0.15) is 13.2 Å². The smallest absolute Gasteiger partial charge is 0.379 e. The zero-order chi connectivity index (χ0) is 24.5. The summed E-state index contributed by atoms with van der Waals surface area (Å²) in [6, 6.07) is 0. The summed E-state index contributed by atoms with van der Waals surface area (Å²) in [5, 5.41) is 22.2.